The number of nitrogens with one attached hydrogen (secondary N) is 2. The van der Waals surface area contributed by atoms with Gasteiger partial charge in [0, 0.05) is 4.47 Å². The van der Waals surface area contributed by atoms with Crippen LogP contribution in [0.1, 0.15) is 10.4 Å². The minimum absolute atomic E-state index is 0.200. The van der Waals surface area contributed by atoms with Gasteiger partial charge in [0.05, 0.1) is 5.56 Å². The monoisotopic (exact) mass is 398 g/mol. The number of hydrogen-bond donors (Lipinski definition) is 2. The molecule has 0 heterocycles. The Kier molecular flexibility index (Phi) is 5.30. The van der Waals surface area contributed by atoms with Crippen LogP contribution in [0.2, 0.25) is 0 Å². The van der Waals surface area contributed by atoms with E-state index in [2.05, 4.69) is 26.8 Å². The zero-order valence-corrected chi connectivity index (χ0v) is 14.7. The molecule has 0 spiro atoms. The molecule has 2 amide bonds. The molecule has 25 heavy (non-hydrogen) atoms. The highest BCUT2D eigenvalue weighted by atomic mass is 79.9. The zero-order chi connectivity index (χ0) is 17.6. The minimum atomic E-state index is -0.450. The van der Waals surface area contributed by atoms with Gasteiger partial charge in [-0.1, -0.05) is 42.5 Å². The second kappa shape index (κ2) is 7.81. The molecule has 0 aliphatic heterocycles. The fourth-order valence-corrected chi connectivity index (χ4v) is 2.75. The quantitative estimate of drug-likeness (QED) is 0.661. The molecule has 126 valence electrons. The summed E-state index contributed by atoms with van der Waals surface area (Å²) >= 11 is 3.29. The SMILES string of the molecule is O=C(COc1ccc2ccccc2c1)NNC(=O)c1ccccc1Br. The van der Waals surface area contributed by atoms with E-state index in [9.17, 15) is 9.59 Å². The summed E-state index contributed by atoms with van der Waals surface area (Å²) in [6.45, 7) is -0.200. The van der Waals surface area contributed by atoms with Crippen LogP contribution in [0.15, 0.2) is 71.2 Å². The lowest BCUT2D eigenvalue weighted by molar-refractivity contribution is -0.123. The van der Waals surface area contributed by atoms with Gasteiger partial charge >= 0.3 is 0 Å². The number of amides is 2. The second-order valence-corrected chi connectivity index (χ2v) is 6.13. The van der Waals surface area contributed by atoms with Gasteiger partial charge in [-0.05, 0) is 51.0 Å². The van der Waals surface area contributed by atoms with Gasteiger partial charge in [-0.3, -0.25) is 20.4 Å². The molecular weight excluding hydrogens is 384 g/mol. The molecular formula is C19H15BrN2O3. The molecule has 0 atom stereocenters. The summed E-state index contributed by atoms with van der Waals surface area (Å²) in [6, 6.07) is 20.4. The van der Waals surface area contributed by atoms with Crippen LogP contribution in [0.25, 0.3) is 10.8 Å². The molecule has 5 nitrogen and oxygen atoms in total. The molecule has 0 saturated carbocycles. The predicted molar refractivity (Wildman–Crippen MR) is 99.2 cm³/mol. The first kappa shape index (κ1) is 17.0. The summed E-state index contributed by atoms with van der Waals surface area (Å²) in [5.74, 6) is -0.272. The molecule has 0 saturated heterocycles. The number of halogens is 1. The van der Waals surface area contributed by atoms with Crippen molar-refractivity contribution in [1.29, 1.82) is 0 Å². The van der Waals surface area contributed by atoms with Crippen LogP contribution in [0.5, 0.6) is 5.75 Å². The molecule has 0 aliphatic rings. The fraction of sp³-hybridized carbons (Fsp3) is 0.0526. The smallest absolute Gasteiger partial charge is 0.276 e. The first-order valence-electron chi connectivity index (χ1n) is 7.59. The standard InChI is InChI=1S/C19H15BrN2O3/c20-17-8-4-3-7-16(17)19(24)22-21-18(23)12-25-15-10-9-13-5-1-2-6-14(13)11-15/h1-11H,12H2,(H,21,23)(H,22,24). The summed E-state index contributed by atoms with van der Waals surface area (Å²) in [5.41, 5.74) is 5.12. The molecule has 6 heteroatoms. The summed E-state index contributed by atoms with van der Waals surface area (Å²) in [4.78, 5) is 23.8. The van der Waals surface area contributed by atoms with Gasteiger partial charge in [0.15, 0.2) is 6.61 Å². The van der Waals surface area contributed by atoms with Crippen molar-refractivity contribution < 1.29 is 14.3 Å². The van der Waals surface area contributed by atoms with E-state index >= 15 is 0 Å². The largest absolute Gasteiger partial charge is 0.484 e. The zero-order valence-electron chi connectivity index (χ0n) is 13.2. The normalized spacial score (nSPS) is 10.3. The summed E-state index contributed by atoms with van der Waals surface area (Å²) < 4.78 is 6.11. The third-order valence-electron chi connectivity index (χ3n) is 3.52. The van der Waals surface area contributed by atoms with Crippen molar-refractivity contribution >= 4 is 38.5 Å². The number of rotatable bonds is 4. The van der Waals surface area contributed by atoms with Gasteiger partial charge in [0.2, 0.25) is 0 Å². The van der Waals surface area contributed by atoms with Crippen LogP contribution >= 0.6 is 15.9 Å². The molecule has 0 fully saturated rings. The van der Waals surface area contributed by atoms with Crippen molar-refractivity contribution in [2.24, 2.45) is 0 Å². The molecule has 0 bridgehead atoms. The van der Waals surface area contributed by atoms with Crippen LogP contribution < -0.4 is 15.6 Å². The number of benzene rings is 3. The van der Waals surface area contributed by atoms with Crippen molar-refractivity contribution in [3.63, 3.8) is 0 Å². The van der Waals surface area contributed by atoms with Crippen LogP contribution in [0.4, 0.5) is 0 Å². The van der Waals surface area contributed by atoms with E-state index in [1.807, 2.05) is 36.4 Å². The number of carbonyl (C=O) groups excluding carboxylic acids is 2. The van der Waals surface area contributed by atoms with Crippen LogP contribution in [-0.4, -0.2) is 18.4 Å². The Bertz CT molecular complexity index is 927. The van der Waals surface area contributed by atoms with Crippen LogP contribution in [-0.2, 0) is 4.79 Å². The van der Waals surface area contributed by atoms with E-state index in [4.69, 9.17) is 4.74 Å². The average molecular weight is 399 g/mol. The van der Waals surface area contributed by atoms with Gasteiger partial charge in [0.1, 0.15) is 5.75 Å². The molecule has 3 aromatic rings. The lowest BCUT2D eigenvalue weighted by atomic mass is 10.1. The summed E-state index contributed by atoms with van der Waals surface area (Å²) in [7, 11) is 0. The van der Waals surface area contributed by atoms with Gasteiger partial charge in [-0.15, -0.1) is 0 Å². The summed E-state index contributed by atoms with van der Waals surface area (Å²) in [5, 5.41) is 2.13. The molecule has 3 aromatic carbocycles. The number of hydrogen-bond acceptors (Lipinski definition) is 3. The lowest BCUT2D eigenvalue weighted by Crippen LogP contribution is -2.43. The Morgan fingerprint density at radius 2 is 1.60 bits per heavy atom. The highest BCUT2D eigenvalue weighted by Crippen LogP contribution is 2.20. The Labute approximate surface area is 153 Å². The molecule has 2 N–H and O–H groups in total. The van der Waals surface area contributed by atoms with Gasteiger partial charge in [0.25, 0.3) is 11.8 Å². The topological polar surface area (TPSA) is 67.4 Å². The molecule has 3 rings (SSSR count). The number of carbonyl (C=O) groups is 2. The third-order valence-corrected chi connectivity index (χ3v) is 4.22. The van der Waals surface area contributed by atoms with Gasteiger partial charge < -0.3 is 4.74 Å². The van der Waals surface area contributed by atoms with E-state index in [1.54, 1.807) is 30.3 Å². The number of hydrazine groups is 1. The van der Waals surface area contributed by atoms with Crippen molar-refractivity contribution in [1.82, 2.24) is 10.9 Å². The van der Waals surface area contributed by atoms with E-state index in [0.29, 0.717) is 15.8 Å². The first-order chi connectivity index (χ1) is 12.1. The Morgan fingerprint density at radius 1 is 0.880 bits per heavy atom. The maximum Gasteiger partial charge on any atom is 0.276 e. The Morgan fingerprint density at radius 3 is 2.40 bits per heavy atom. The highest BCUT2D eigenvalue weighted by Gasteiger charge is 2.10. The Balaban J connectivity index is 1.52. The summed E-state index contributed by atoms with van der Waals surface area (Å²) in [6.07, 6.45) is 0. The molecule has 0 aromatic heterocycles. The van der Waals surface area contributed by atoms with E-state index < -0.39 is 11.8 Å². The van der Waals surface area contributed by atoms with E-state index in [-0.39, 0.29) is 6.61 Å². The van der Waals surface area contributed by atoms with Crippen molar-refractivity contribution in [3.05, 3.63) is 76.8 Å². The lowest BCUT2D eigenvalue weighted by Gasteiger charge is -2.10. The second-order valence-electron chi connectivity index (χ2n) is 5.28. The average Bonchev–Trinajstić information content (AvgIpc) is 2.64. The highest BCUT2D eigenvalue weighted by molar-refractivity contribution is 9.10. The predicted octanol–water partition coefficient (Wildman–Crippen LogP) is 3.44. The first-order valence-corrected chi connectivity index (χ1v) is 8.38. The van der Waals surface area contributed by atoms with Crippen LogP contribution in [0, 0.1) is 0 Å². The Hall–Kier alpha value is -2.86. The molecule has 0 radical (unpaired) electrons. The van der Waals surface area contributed by atoms with Crippen molar-refractivity contribution in [3.8, 4) is 5.75 Å². The molecule has 0 aliphatic carbocycles. The third kappa shape index (κ3) is 4.36. The van der Waals surface area contributed by atoms with E-state index in [0.717, 1.165) is 10.8 Å². The van der Waals surface area contributed by atoms with E-state index in [1.165, 1.54) is 0 Å². The maximum atomic E-state index is 12.0. The molecule has 0 unspecified atom stereocenters. The number of ether oxygens (including phenoxy) is 1. The maximum absolute atomic E-state index is 12.0. The van der Waals surface area contributed by atoms with Gasteiger partial charge in [-0.2, -0.15) is 0 Å². The minimum Gasteiger partial charge on any atom is -0.484 e. The van der Waals surface area contributed by atoms with Crippen molar-refractivity contribution in [2.45, 2.75) is 0 Å². The number of fused-ring (bicyclic) bond motifs is 1. The van der Waals surface area contributed by atoms with Crippen LogP contribution in [0.3, 0.4) is 0 Å². The van der Waals surface area contributed by atoms with Crippen molar-refractivity contribution in [2.75, 3.05) is 6.61 Å². The fourth-order valence-electron chi connectivity index (χ4n) is 2.28. The van der Waals surface area contributed by atoms with Gasteiger partial charge in [-0.25, -0.2) is 0 Å².